The van der Waals surface area contributed by atoms with Gasteiger partial charge < -0.3 is 5.32 Å². The van der Waals surface area contributed by atoms with Crippen molar-refractivity contribution in [3.63, 3.8) is 0 Å². The highest BCUT2D eigenvalue weighted by molar-refractivity contribution is 7.09. The highest BCUT2D eigenvalue weighted by Crippen LogP contribution is 2.33. The fourth-order valence-electron chi connectivity index (χ4n) is 2.00. The molecule has 1 aromatic rings. The molecular weight excluding hydrogens is 192 g/mol. The Morgan fingerprint density at radius 2 is 2.36 bits per heavy atom. The van der Waals surface area contributed by atoms with Crippen LogP contribution in [0.5, 0.6) is 0 Å². The van der Waals surface area contributed by atoms with Gasteiger partial charge in [-0.2, -0.15) is 0 Å². The summed E-state index contributed by atoms with van der Waals surface area (Å²) in [5.74, 6) is 1.72. The van der Waals surface area contributed by atoms with E-state index in [0.717, 1.165) is 24.1 Å². The van der Waals surface area contributed by atoms with Crippen LogP contribution in [0.3, 0.4) is 0 Å². The fourth-order valence-corrected chi connectivity index (χ4v) is 2.72. The van der Waals surface area contributed by atoms with Crippen LogP contribution in [-0.4, -0.2) is 11.0 Å². The zero-order valence-electron chi connectivity index (χ0n) is 9.08. The molecule has 0 aliphatic heterocycles. The predicted molar refractivity (Wildman–Crippen MR) is 60.4 cm³/mol. The first-order valence-corrected chi connectivity index (χ1v) is 6.19. The SMILES string of the molecule is Cc1csc(CNC2CC(C)C2C)n1. The number of hydrogen-bond acceptors (Lipinski definition) is 3. The molecule has 1 heterocycles. The van der Waals surface area contributed by atoms with Crippen LogP contribution in [0.1, 0.15) is 31.0 Å². The smallest absolute Gasteiger partial charge is 0.107 e. The average Bonchev–Trinajstić information content (AvgIpc) is 2.58. The van der Waals surface area contributed by atoms with E-state index in [9.17, 15) is 0 Å². The summed E-state index contributed by atoms with van der Waals surface area (Å²) in [7, 11) is 0. The second kappa shape index (κ2) is 3.99. The van der Waals surface area contributed by atoms with E-state index in [2.05, 4.69) is 29.5 Å². The summed E-state index contributed by atoms with van der Waals surface area (Å²) < 4.78 is 0. The van der Waals surface area contributed by atoms with E-state index in [4.69, 9.17) is 0 Å². The Balaban J connectivity index is 1.78. The van der Waals surface area contributed by atoms with Crippen molar-refractivity contribution in [3.05, 3.63) is 16.1 Å². The number of nitrogens with zero attached hydrogens (tertiary/aromatic N) is 1. The minimum absolute atomic E-state index is 0.717. The first kappa shape index (κ1) is 10.1. The van der Waals surface area contributed by atoms with Gasteiger partial charge in [0.1, 0.15) is 5.01 Å². The third-order valence-corrected chi connectivity index (χ3v) is 4.31. The Morgan fingerprint density at radius 3 is 2.86 bits per heavy atom. The molecule has 3 unspecified atom stereocenters. The highest BCUT2D eigenvalue weighted by atomic mass is 32.1. The molecule has 0 spiro atoms. The van der Waals surface area contributed by atoms with Gasteiger partial charge in [0.2, 0.25) is 0 Å². The van der Waals surface area contributed by atoms with Gasteiger partial charge in [-0.1, -0.05) is 13.8 Å². The first-order chi connectivity index (χ1) is 6.66. The number of hydrogen-bond donors (Lipinski definition) is 1. The molecule has 1 N–H and O–H groups in total. The van der Waals surface area contributed by atoms with Crippen LogP contribution in [0.25, 0.3) is 0 Å². The summed E-state index contributed by atoms with van der Waals surface area (Å²) in [6, 6.07) is 0.717. The fraction of sp³-hybridized carbons (Fsp3) is 0.727. The molecule has 1 aliphatic carbocycles. The molecule has 3 atom stereocenters. The molecule has 2 nitrogen and oxygen atoms in total. The van der Waals surface area contributed by atoms with Crippen molar-refractivity contribution >= 4 is 11.3 Å². The molecule has 14 heavy (non-hydrogen) atoms. The molecule has 2 rings (SSSR count). The quantitative estimate of drug-likeness (QED) is 0.829. The van der Waals surface area contributed by atoms with Crippen LogP contribution in [0.15, 0.2) is 5.38 Å². The lowest BCUT2D eigenvalue weighted by Crippen LogP contribution is -2.47. The average molecular weight is 210 g/mol. The molecule has 1 saturated carbocycles. The van der Waals surface area contributed by atoms with Crippen LogP contribution >= 0.6 is 11.3 Å². The van der Waals surface area contributed by atoms with E-state index in [1.54, 1.807) is 11.3 Å². The summed E-state index contributed by atoms with van der Waals surface area (Å²) in [5.41, 5.74) is 1.14. The van der Waals surface area contributed by atoms with Gasteiger partial charge in [0.25, 0.3) is 0 Å². The van der Waals surface area contributed by atoms with E-state index in [1.165, 1.54) is 11.4 Å². The van der Waals surface area contributed by atoms with Gasteiger partial charge in [-0.15, -0.1) is 11.3 Å². The Labute approximate surface area is 89.8 Å². The maximum absolute atomic E-state index is 4.44. The number of nitrogens with one attached hydrogen (secondary N) is 1. The van der Waals surface area contributed by atoms with E-state index >= 15 is 0 Å². The lowest BCUT2D eigenvalue weighted by Gasteiger charge is -2.41. The molecular formula is C11H18N2S. The van der Waals surface area contributed by atoms with Crippen LogP contribution in [0, 0.1) is 18.8 Å². The van der Waals surface area contributed by atoms with Crippen molar-refractivity contribution in [1.82, 2.24) is 10.3 Å². The van der Waals surface area contributed by atoms with Crippen molar-refractivity contribution in [2.24, 2.45) is 11.8 Å². The van der Waals surface area contributed by atoms with Gasteiger partial charge >= 0.3 is 0 Å². The Hall–Kier alpha value is -0.410. The molecule has 0 bridgehead atoms. The molecule has 0 aromatic carbocycles. The summed E-state index contributed by atoms with van der Waals surface area (Å²) in [5, 5.41) is 6.91. The van der Waals surface area contributed by atoms with Crippen LogP contribution in [-0.2, 0) is 6.54 Å². The predicted octanol–water partition coefficient (Wildman–Crippen LogP) is 2.59. The Bertz CT molecular complexity index is 308. The molecule has 0 radical (unpaired) electrons. The Kier molecular flexibility index (Phi) is 2.88. The van der Waals surface area contributed by atoms with E-state index < -0.39 is 0 Å². The van der Waals surface area contributed by atoms with Gasteiger partial charge in [-0.3, -0.25) is 0 Å². The summed E-state index contributed by atoms with van der Waals surface area (Å²) in [4.78, 5) is 4.44. The summed E-state index contributed by atoms with van der Waals surface area (Å²) in [6.45, 7) is 7.66. The van der Waals surface area contributed by atoms with Crippen molar-refractivity contribution in [3.8, 4) is 0 Å². The second-order valence-electron chi connectivity index (χ2n) is 4.44. The van der Waals surface area contributed by atoms with Gasteiger partial charge in [0, 0.05) is 23.7 Å². The largest absolute Gasteiger partial charge is 0.307 e. The second-order valence-corrected chi connectivity index (χ2v) is 5.38. The topological polar surface area (TPSA) is 24.9 Å². The van der Waals surface area contributed by atoms with Crippen molar-refractivity contribution in [2.45, 2.75) is 39.8 Å². The minimum Gasteiger partial charge on any atom is -0.307 e. The van der Waals surface area contributed by atoms with Gasteiger partial charge in [-0.25, -0.2) is 4.98 Å². The molecule has 0 amide bonds. The molecule has 0 saturated heterocycles. The van der Waals surface area contributed by atoms with Crippen LogP contribution in [0.2, 0.25) is 0 Å². The normalized spacial score (nSPS) is 31.5. The molecule has 1 fully saturated rings. The number of aromatic nitrogens is 1. The van der Waals surface area contributed by atoms with E-state index in [-0.39, 0.29) is 0 Å². The molecule has 78 valence electrons. The number of thiazole rings is 1. The highest BCUT2D eigenvalue weighted by Gasteiger charge is 2.33. The lowest BCUT2D eigenvalue weighted by atomic mass is 9.71. The lowest BCUT2D eigenvalue weighted by molar-refractivity contribution is 0.136. The summed E-state index contributed by atoms with van der Waals surface area (Å²) >= 11 is 1.75. The zero-order valence-corrected chi connectivity index (χ0v) is 9.90. The minimum atomic E-state index is 0.717. The van der Waals surface area contributed by atoms with E-state index in [1.807, 2.05) is 6.92 Å². The van der Waals surface area contributed by atoms with Crippen molar-refractivity contribution in [2.75, 3.05) is 0 Å². The van der Waals surface area contributed by atoms with Crippen LogP contribution in [0.4, 0.5) is 0 Å². The van der Waals surface area contributed by atoms with Crippen LogP contribution < -0.4 is 5.32 Å². The standard InChI is InChI=1S/C11H18N2S/c1-7-4-10(9(7)3)12-5-11-13-8(2)6-14-11/h6-7,9-10,12H,4-5H2,1-3H3. The molecule has 1 aromatic heterocycles. The van der Waals surface area contributed by atoms with Gasteiger partial charge in [0.05, 0.1) is 0 Å². The Morgan fingerprint density at radius 1 is 1.57 bits per heavy atom. The zero-order chi connectivity index (χ0) is 10.1. The van der Waals surface area contributed by atoms with Gasteiger partial charge in [-0.05, 0) is 25.2 Å². The molecule has 3 heteroatoms. The third-order valence-electron chi connectivity index (χ3n) is 3.34. The summed E-state index contributed by atoms with van der Waals surface area (Å²) in [6.07, 6.45) is 1.32. The maximum Gasteiger partial charge on any atom is 0.107 e. The van der Waals surface area contributed by atoms with E-state index in [0.29, 0.717) is 6.04 Å². The first-order valence-electron chi connectivity index (χ1n) is 5.31. The molecule has 1 aliphatic rings. The number of aryl methyl sites for hydroxylation is 1. The van der Waals surface area contributed by atoms with Crippen molar-refractivity contribution in [1.29, 1.82) is 0 Å². The number of rotatable bonds is 3. The van der Waals surface area contributed by atoms with Gasteiger partial charge in [0.15, 0.2) is 0 Å². The maximum atomic E-state index is 4.44. The van der Waals surface area contributed by atoms with Crippen molar-refractivity contribution < 1.29 is 0 Å². The third kappa shape index (κ3) is 1.98. The monoisotopic (exact) mass is 210 g/mol.